The van der Waals surface area contributed by atoms with Crippen molar-refractivity contribution in [2.24, 2.45) is 4.99 Å². The fraction of sp³-hybridized carbons (Fsp3) is 0.273. The van der Waals surface area contributed by atoms with E-state index in [-0.39, 0.29) is 29.2 Å². The molecule has 1 rings (SSSR count). The van der Waals surface area contributed by atoms with E-state index in [1.165, 1.54) is 32.4 Å². The average Bonchev–Trinajstić information content (AvgIpc) is 2.36. The predicted octanol–water partition coefficient (Wildman–Crippen LogP) is 1.02. The largest absolute Gasteiger partial charge is 0.504 e. The summed E-state index contributed by atoms with van der Waals surface area (Å²) >= 11 is 0. The van der Waals surface area contributed by atoms with Crippen LogP contribution in [0.1, 0.15) is 15.9 Å². The van der Waals surface area contributed by atoms with Gasteiger partial charge in [0.15, 0.2) is 11.5 Å². The molecule has 6 heteroatoms. The van der Waals surface area contributed by atoms with Crippen molar-refractivity contribution in [2.45, 2.75) is 6.54 Å². The number of phenols is 1. The first-order valence-electron chi connectivity index (χ1n) is 4.65. The number of methoxy groups -OCH3 is 2. The van der Waals surface area contributed by atoms with Crippen molar-refractivity contribution in [2.75, 3.05) is 14.2 Å². The highest BCUT2D eigenvalue weighted by Crippen LogP contribution is 2.32. The molecule has 1 N–H and O–H groups in total. The van der Waals surface area contributed by atoms with E-state index in [0.29, 0.717) is 0 Å². The van der Waals surface area contributed by atoms with Crippen LogP contribution in [-0.2, 0) is 16.1 Å². The van der Waals surface area contributed by atoms with Crippen LogP contribution in [-0.4, -0.2) is 31.4 Å². The summed E-state index contributed by atoms with van der Waals surface area (Å²) in [6, 6.07) is 2.72. The SMILES string of the molecule is COC(=O)c1cc(CN=C=O)c(O)c(OC)c1. The number of carbonyl (C=O) groups excluding carboxylic acids is 2. The third-order valence-electron chi connectivity index (χ3n) is 2.11. The molecule has 0 saturated carbocycles. The molecule has 0 amide bonds. The van der Waals surface area contributed by atoms with Crippen molar-refractivity contribution in [3.05, 3.63) is 23.3 Å². The quantitative estimate of drug-likeness (QED) is 0.480. The number of aromatic hydroxyl groups is 1. The Kier molecular flexibility index (Phi) is 4.25. The molecule has 0 fully saturated rings. The van der Waals surface area contributed by atoms with Crippen LogP contribution in [0.2, 0.25) is 0 Å². The summed E-state index contributed by atoms with van der Waals surface area (Å²) in [5.74, 6) is -0.622. The lowest BCUT2D eigenvalue weighted by atomic mass is 10.1. The normalized spacial score (nSPS) is 9.29. The van der Waals surface area contributed by atoms with Gasteiger partial charge in [0.25, 0.3) is 0 Å². The molecule has 0 aliphatic heterocycles. The second-order valence-corrected chi connectivity index (χ2v) is 3.09. The lowest BCUT2D eigenvalue weighted by molar-refractivity contribution is 0.0600. The molecule has 17 heavy (non-hydrogen) atoms. The molecule has 0 spiro atoms. The molecule has 0 saturated heterocycles. The number of benzene rings is 1. The Balaban J connectivity index is 3.27. The van der Waals surface area contributed by atoms with Gasteiger partial charge < -0.3 is 14.6 Å². The molecule has 90 valence electrons. The van der Waals surface area contributed by atoms with Gasteiger partial charge in [0.2, 0.25) is 6.08 Å². The molecule has 0 heterocycles. The summed E-state index contributed by atoms with van der Waals surface area (Å²) in [5.41, 5.74) is 0.492. The Labute approximate surface area is 97.5 Å². The summed E-state index contributed by atoms with van der Waals surface area (Å²) in [6.45, 7) is -0.0868. The topological polar surface area (TPSA) is 85.2 Å². The van der Waals surface area contributed by atoms with E-state index in [4.69, 9.17) is 4.74 Å². The first-order valence-corrected chi connectivity index (χ1v) is 4.65. The van der Waals surface area contributed by atoms with Gasteiger partial charge in [0.05, 0.1) is 26.3 Å². The molecular weight excluding hydrogens is 226 g/mol. The van der Waals surface area contributed by atoms with Gasteiger partial charge in [0.1, 0.15) is 0 Å². The molecule has 1 aromatic rings. The fourth-order valence-corrected chi connectivity index (χ4v) is 1.29. The molecular formula is C11H11NO5. The van der Waals surface area contributed by atoms with Crippen molar-refractivity contribution < 1.29 is 24.2 Å². The zero-order chi connectivity index (χ0) is 12.8. The number of isocyanates is 1. The molecule has 0 radical (unpaired) electrons. The minimum Gasteiger partial charge on any atom is -0.504 e. The second-order valence-electron chi connectivity index (χ2n) is 3.09. The van der Waals surface area contributed by atoms with Gasteiger partial charge in [-0.1, -0.05) is 0 Å². The highest BCUT2D eigenvalue weighted by atomic mass is 16.5. The Hall–Kier alpha value is -2.33. The second kappa shape index (κ2) is 5.67. The molecule has 1 aromatic carbocycles. The number of esters is 1. The number of ether oxygens (including phenoxy) is 2. The van der Waals surface area contributed by atoms with E-state index in [1.807, 2.05) is 0 Å². The third-order valence-corrected chi connectivity index (χ3v) is 2.11. The Morgan fingerprint density at radius 1 is 1.47 bits per heavy atom. The Morgan fingerprint density at radius 2 is 2.18 bits per heavy atom. The zero-order valence-corrected chi connectivity index (χ0v) is 9.39. The van der Waals surface area contributed by atoms with Crippen molar-refractivity contribution in [3.63, 3.8) is 0 Å². The lowest BCUT2D eigenvalue weighted by Gasteiger charge is -2.09. The maximum absolute atomic E-state index is 11.4. The van der Waals surface area contributed by atoms with Crippen molar-refractivity contribution in [1.82, 2.24) is 0 Å². The third kappa shape index (κ3) is 2.83. The highest BCUT2D eigenvalue weighted by Gasteiger charge is 2.14. The van der Waals surface area contributed by atoms with Gasteiger partial charge in [-0.25, -0.2) is 14.6 Å². The number of nitrogens with zero attached hydrogens (tertiary/aromatic N) is 1. The van der Waals surface area contributed by atoms with Crippen molar-refractivity contribution in [1.29, 1.82) is 0 Å². The summed E-state index contributed by atoms with van der Waals surface area (Å²) in [6.07, 6.45) is 1.35. The monoisotopic (exact) mass is 237 g/mol. The zero-order valence-electron chi connectivity index (χ0n) is 9.39. The van der Waals surface area contributed by atoms with Gasteiger partial charge in [-0.05, 0) is 12.1 Å². The van der Waals surface area contributed by atoms with Gasteiger partial charge in [-0.3, -0.25) is 0 Å². The van der Waals surface area contributed by atoms with Crippen LogP contribution in [0.4, 0.5) is 0 Å². The molecule has 0 aliphatic rings. The van der Waals surface area contributed by atoms with Crippen LogP contribution in [0, 0.1) is 0 Å². The van der Waals surface area contributed by atoms with Crippen LogP contribution < -0.4 is 4.74 Å². The summed E-state index contributed by atoms with van der Waals surface area (Å²) in [7, 11) is 2.59. The van der Waals surface area contributed by atoms with E-state index < -0.39 is 5.97 Å². The maximum atomic E-state index is 11.4. The lowest BCUT2D eigenvalue weighted by Crippen LogP contribution is -2.03. The number of hydrogen-bond acceptors (Lipinski definition) is 6. The molecule has 6 nitrogen and oxygen atoms in total. The number of hydrogen-bond donors (Lipinski definition) is 1. The summed E-state index contributed by atoms with van der Waals surface area (Å²) < 4.78 is 9.45. The van der Waals surface area contributed by atoms with Gasteiger partial charge >= 0.3 is 5.97 Å². The minimum absolute atomic E-state index is 0.0868. The van der Waals surface area contributed by atoms with E-state index in [2.05, 4.69) is 9.73 Å². The van der Waals surface area contributed by atoms with Crippen LogP contribution >= 0.6 is 0 Å². The maximum Gasteiger partial charge on any atom is 0.337 e. The number of carbonyl (C=O) groups is 1. The minimum atomic E-state index is -0.570. The molecule has 0 aromatic heterocycles. The van der Waals surface area contributed by atoms with Crippen LogP contribution in [0.15, 0.2) is 17.1 Å². The van der Waals surface area contributed by atoms with E-state index >= 15 is 0 Å². The van der Waals surface area contributed by atoms with E-state index in [0.717, 1.165) is 0 Å². The van der Waals surface area contributed by atoms with Crippen molar-refractivity contribution in [3.8, 4) is 11.5 Å². The first-order chi connectivity index (χ1) is 8.13. The van der Waals surface area contributed by atoms with Crippen LogP contribution in [0.25, 0.3) is 0 Å². The number of rotatable bonds is 4. The summed E-state index contributed by atoms with van der Waals surface area (Å²) in [5, 5.41) is 9.73. The van der Waals surface area contributed by atoms with E-state index in [9.17, 15) is 14.7 Å². The number of aliphatic imine (C=N–C) groups is 1. The predicted molar refractivity (Wildman–Crippen MR) is 57.8 cm³/mol. The molecule has 0 atom stereocenters. The van der Waals surface area contributed by atoms with Gasteiger partial charge in [-0.15, -0.1) is 0 Å². The van der Waals surface area contributed by atoms with Crippen molar-refractivity contribution >= 4 is 12.0 Å². The first kappa shape index (κ1) is 12.7. The van der Waals surface area contributed by atoms with Gasteiger partial charge in [-0.2, -0.15) is 0 Å². The highest BCUT2D eigenvalue weighted by molar-refractivity contribution is 5.90. The van der Waals surface area contributed by atoms with E-state index in [1.54, 1.807) is 0 Å². The van der Waals surface area contributed by atoms with Crippen LogP contribution in [0.3, 0.4) is 0 Å². The average molecular weight is 237 g/mol. The standard InChI is InChI=1S/C11H11NO5/c1-16-9-4-7(11(15)17-2)3-8(10(9)14)5-12-6-13/h3-4,14H,5H2,1-2H3. The fourth-order valence-electron chi connectivity index (χ4n) is 1.29. The molecule has 0 unspecified atom stereocenters. The Morgan fingerprint density at radius 3 is 2.71 bits per heavy atom. The smallest absolute Gasteiger partial charge is 0.337 e. The molecule has 0 aliphatic carbocycles. The van der Waals surface area contributed by atoms with Gasteiger partial charge in [0, 0.05) is 5.56 Å². The molecule has 0 bridgehead atoms. The van der Waals surface area contributed by atoms with Crippen LogP contribution in [0.5, 0.6) is 11.5 Å². The summed E-state index contributed by atoms with van der Waals surface area (Å²) in [4.78, 5) is 24.7. The number of phenolic OH excluding ortho intramolecular Hbond substituents is 1. The Bertz CT molecular complexity index is 477.